The van der Waals surface area contributed by atoms with Crippen LogP contribution < -0.4 is 14.8 Å². The van der Waals surface area contributed by atoms with Crippen molar-refractivity contribution in [2.45, 2.75) is 32.7 Å². The summed E-state index contributed by atoms with van der Waals surface area (Å²) in [6, 6.07) is 12.8. The summed E-state index contributed by atoms with van der Waals surface area (Å²) in [6.07, 6.45) is 3.68. The average Bonchev–Trinajstić information content (AvgIpc) is 3.21. The number of nitrogens with one attached hydrogen (secondary N) is 1. The topological polar surface area (TPSA) is 73.6 Å². The second-order valence-electron chi connectivity index (χ2n) is 6.79. The Morgan fingerprint density at radius 1 is 1.17 bits per heavy atom. The molecule has 1 N–H and O–H groups in total. The van der Waals surface area contributed by atoms with E-state index in [-0.39, 0.29) is 12.3 Å². The Balaban J connectivity index is 1.54. The number of rotatable bonds is 10. The number of hydrogen-bond acceptors (Lipinski definition) is 5. The Morgan fingerprint density at radius 3 is 2.70 bits per heavy atom. The van der Waals surface area contributed by atoms with Gasteiger partial charge in [-0.25, -0.2) is 4.98 Å². The van der Waals surface area contributed by atoms with Gasteiger partial charge in [0.05, 0.1) is 25.8 Å². The van der Waals surface area contributed by atoms with Crippen LogP contribution in [0, 0.1) is 0 Å². The van der Waals surface area contributed by atoms with Gasteiger partial charge in [-0.3, -0.25) is 4.79 Å². The highest BCUT2D eigenvalue weighted by atomic mass is 35.5. The minimum atomic E-state index is -0.145. The van der Waals surface area contributed by atoms with Crippen molar-refractivity contribution in [3.63, 3.8) is 0 Å². The predicted molar refractivity (Wildman–Crippen MR) is 116 cm³/mol. The van der Waals surface area contributed by atoms with Crippen molar-refractivity contribution in [1.29, 1.82) is 0 Å². The van der Waals surface area contributed by atoms with Crippen molar-refractivity contribution < 1.29 is 18.7 Å². The lowest BCUT2D eigenvalue weighted by Crippen LogP contribution is -2.24. The first-order chi connectivity index (χ1) is 14.6. The van der Waals surface area contributed by atoms with E-state index in [4.69, 9.17) is 25.5 Å². The van der Waals surface area contributed by atoms with Crippen molar-refractivity contribution >= 4 is 17.5 Å². The minimum Gasteiger partial charge on any atom is -0.493 e. The highest BCUT2D eigenvalue weighted by Crippen LogP contribution is 2.28. The van der Waals surface area contributed by atoms with Crippen LogP contribution in [0.4, 0.5) is 0 Å². The van der Waals surface area contributed by atoms with Crippen LogP contribution in [0.2, 0.25) is 5.02 Å². The summed E-state index contributed by atoms with van der Waals surface area (Å²) in [5.41, 5.74) is 2.29. The third-order valence-electron chi connectivity index (χ3n) is 4.46. The maximum Gasteiger partial charge on any atom is 0.226 e. The first kappa shape index (κ1) is 21.7. The highest BCUT2D eigenvalue weighted by molar-refractivity contribution is 6.30. The molecule has 6 nitrogen and oxygen atoms in total. The summed E-state index contributed by atoms with van der Waals surface area (Å²) in [5.74, 6) is 1.67. The van der Waals surface area contributed by atoms with Crippen LogP contribution in [-0.2, 0) is 17.8 Å². The summed E-state index contributed by atoms with van der Waals surface area (Å²) < 4.78 is 16.6. The molecule has 0 unspecified atom stereocenters. The zero-order chi connectivity index (χ0) is 21.3. The molecule has 0 aliphatic rings. The Bertz CT molecular complexity index is 970. The van der Waals surface area contributed by atoms with Crippen LogP contribution in [-0.4, -0.2) is 24.6 Å². The van der Waals surface area contributed by atoms with E-state index in [2.05, 4.69) is 17.2 Å². The molecule has 0 aliphatic heterocycles. The van der Waals surface area contributed by atoms with E-state index in [9.17, 15) is 4.79 Å². The van der Waals surface area contributed by atoms with Crippen LogP contribution in [0.3, 0.4) is 0 Å². The Hall–Kier alpha value is -2.99. The highest BCUT2D eigenvalue weighted by Gasteiger charge is 2.11. The van der Waals surface area contributed by atoms with E-state index in [1.165, 1.54) is 6.26 Å². The van der Waals surface area contributed by atoms with Gasteiger partial charge in [-0.1, -0.05) is 31.0 Å². The number of amides is 1. The number of methoxy groups -OCH3 is 1. The van der Waals surface area contributed by atoms with Crippen LogP contribution in [0.15, 0.2) is 53.1 Å². The van der Waals surface area contributed by atoms with Gasteiger partial charge >= 0.3 is 0 Å². The van der Waals surface area contributed by atoms with Gasteiger partial charge in [-0.2, -0.15) is 0 Å². The van der Waals surface area contributed by atoms with Crippen molar-refractivity contribution in [3.8, 4) is 23.0 Å². The molecule has 0 spiro atoms. The molecule has 0 bridgehead atoms. The molecule has 0 saturated carbocycles. The van der Waals surface area contributed by atoms with E-state index < -0.39 is 0 Å². The molecule has 0 fully saturated rings. The summed E-state index contributed by atoms with van der Waals surface area (Å²) >= 11 is 5.90. The van der Waals surface area contributed by atoms with Gasteiger partial charge in [0.2, 0.25) is 11.8 Å². The maximum atomic E-state index is 12.3. The van der Waals surface area contributed by atoms with Gasteiger partial charge in [0.1, 0.15) is 6.26 Å². The number of halogens is 1. The maximum absolute atomic E-state index is 12.3. The van der Waals surface area contributed by atoms with Gasteiger partial charge in [0.15, 0.2) is 11.5 Å². The number of carbonyl (C=O) groups excluding carboxylic acids is 1. The fourth-order valence-electron chi connectivity index (χ4n) is 2.81. The Morgan fingerprint density at radius 2 is 1.97 bits per heavy atom. The van der Waals surface area contributed by atoms with Crippen LogP contribution in [0.1, 0.15) is 31.0 Å². The molecule has 2 aromatic carbocycles. The lowest BCUT2D eigenvalue weighted by atomic mass is 10.2. The number of ether oxygens (including phenoxy) is 2. The normalized spacial score (nSPS) is 10.6. The van der Waals surface area contributed by atoms with Crippen molar-refractivity contribution in [2.75, 3.05) is 13.7 Å². The standard InChI is InChI=1S/C23H25ClN2O4/c1-3-4-11-29-20-10-5-16(12-21(20)28-2)14-25-22(27)13-19-15-30-23(26-19)17-6-8-18(24)9-7-17/h5-10,12,15H,3-4,11,13-14H2,1-2H3,(H,25,27). The number of aromatic nitrogens is 1. The monoisotopic (exact) mass is 428 g/mol. The SMILES string of the molecule is CCCCOc1ccc(CNC(=O)Cc2coc(-c3ccc(Cl)cc3)n2)cc1OC. The quantitative estimate of drug-likeness (QED) is 0.458. The predicted octanol–water partition coefficient (Wildman–Crippen LogP) is 5.04. The first-order valence-corrected chi connectivity index (χ1v) is 10.2. The molecule has 1 heterocycles. The molecular formula is C23H25ClN2O4. The van der Waals surface area contributed by atoms with Gasteiger partial charge < -0.3 is 19.2 Å². The molecule has 1 aromatic heterocycles. The molecular weight excluding hydrogens is 404 g/mol. The minimum absolute atomic E-state index is 0.131. The van der Waals surface area contributed by atoms with Gasteiger partial charge in [0.25, 0.3) is 0 Å². The smallest absolute Gasteiger partial charge is 0.226 e. The first-order valence-electron chi connectivity index (χ1n) is 9.85. The fourth-order valence-corrected chi connectivity index (χ4v) is 2.93. The van der Waals surface area contributed by atoms with Crippen LogP contribution in [0.5, 0.6) is 11.5 Å². The Labute approximate surface area is 181 Å². The molecule has 0 radical (unpaired) electrons. The van der Waals surface area contributed by atoms with Crippen molar-refractivity contribution in [2.24, 2.45) is 0 Å². The summed E-state index contributed by atoms with van der Waals surface area (Å²) in [4.78, 5) is 16.7. The molecule has 0 aliphatic carbocycles. The number of nitrogens with zero attached hydrogens (tertiary/aromatic N) is 1. The number of unbranched alkanes of at least 4 members (excludes halogenated alkanes) is 1. The fraction of sp³-hybridized carbons (Fsp3) is 0.304. The van der Waals surface area contributed by atoms with Crippen LogP contribution in [0.25, 0.3) is 11.5 Å². The molecule has 158 valence electrons. The molecule has 0 atom stereocenters. The van der Waals surface area contributed by atoms with E-state index in [1.807, 2.05) is 30.3 Å². The van der Waals surface area contributed by atoms with Gasteiger partial charge in [0, 0.05) is 17.1 Å². The van der Waals surface area contributed by atoms with E-state index >= 15 is 0 Å². The average molecular weight is 429 g/mol. The third-order valence-corrected chi connectivity index (χ3v) is 4.71. The number of carbonyl (C=O) groups is 1. The van der Waals surface area contributed by atoms with E-state index in [1.54, 1.807) is 19.2 Å². The zero-order valence-corrected chi connectivity index (χ0v) is 17.9. The van der Waals surface area contributed by atoms with E-state index in [0.29, 0.717) is 41.3 Å². The summed E-state index contributed by atoms with van der Waals surface area (Å²) in [7, 11) is 1.60. The number of hydrogen-bond donors (Lipinski definition) is 1. The number of benzene rings is 2. The van der Waals surface area contributed by atoms with E-state index in [0.717, 1.165) is 24.0 Å². The van der Waals surface area contributed by atoms with Gasteiger partial charge in [-0.15, -0.1) is 0 Å². The lowest BCUT2D eigenvalue weighted by Gasteiger charge is -2.12. The molecule has 3 aromatic rings. The Kier molecular flexibility index (Phi) is 7.74. The molecule has 30 heavy (non-hydrogen) atoms. The number of oxazole rings is 1. The second kappa shape index (κ2) is 10.7. The molecule has 3 rings (SSSR count). The zero-order valence-electron chi connectivity index (χ0n) is 17.1. The molecule has 0 saturated heterocycles. The third kappa shape index (κ3) is 6.00. The summed E-state index contributed by atoms with van der Waals surface area (Å²) in [6.45, 7) is 3.15. The molecule has 1 amide bonds. The largest absolute Gasteiger partial charge is 0.493 e. The second-order valence-corrected chi connectivity index (χ2v) is 7.23. The van der Waals surface area contributed by atoms with Crippen molar-refractivity contribution in [1.82, 2.24) is 10.3 Å². The lowest BCUT2D eigenvalue weighted by molar-refractivity contribution is -0.120. The van der Waals surface area contributed by atoms with Gasteiger partial charge in [-0.05, 0) is 48.4 Å². The molecule has 7 heteroatoms. The van der Waals surface area contributed by atoms with Crippen molar-refractivity contribution in [3.05, 3.63) is 65.0 Å². The van der Waals surface area contributed by atoms with Crippen LogP contribution >= 0.6 is 11.6 Å². The summed E-state index contributed by atoms with van der Waals surface area (Å²) in [5, 5.41) is 3.53.